The third-order valence-electron chi connectivity index (χ3n) is 3.47. The monoisotopic (exact) mass is 274 g/mol. The van der Waals surface area contributed by atoms with Gasteiger partial charge in [-0.25, -0.2) is 0 Å². The van der Waals surface area contributed by atoms with Crippen LogP contribution >= 0.6 is 0 Å². The van der Waals surface area contributed by atoms with E-state index in [1.165, 1.54) is 0 Å². The molecular weight excluding hydrogens is 252 g/mol. The molecule has 0 aliphatic heterocycles. The number of aryl methyl sites for hydroxylation is 2. The van der Waals surface area contributed by atoms with Crippen LogP contribution in [-0.2, 0) is 31.2 Å². The number of rotatable bonds is 6. The molecule has 0 spiro atoms. The van der Waals surface area contributed by atoms with Crippen molar-refractivity contribution >= 4 is 0 Å². The van der Waals surface area contributed by atoms with Gasteiger partial charge < -0.3 is 9.84 Å². The molecule has 0 amide bonds. The first kappa shape index (κ1) is 14.8. The molecule has 4 nitrogen and oxygen atoms in total. The van der Waals surface area contributed by atoms with E-state index in [2.05, 4.69) is 18.1 Å². The van der Waals surface area contributed by atoms with Crippen LogP contribution in [-0.4, -0.2) is 22.0 Å². The van der Waals surface area contributed by atoms with Gasteiger partial charge in [0.1, 0.15) is 0 Å². The molecule has 1 aromatic carbocycles. The van der Waals surface area contributed by atoms with Gasteiger partial charge in [0.15, 0.2) is 0 Å². The Morgan fingerprint density at radius 2 is 2.00 bits per heavy atom. The fraction of sp³-hybridized carbons (Fsp3) is 0.438. The third kappa shape index (κ3) is 3.46. The standard InChI is InChI=1S/C16H22N2O2/c1-4-14-9-15(18(2)17-14)10-16(19)13-7-5-12(6-8-13)11-20-3/h5-9,16,19H,4,10-11H2,1-3H3. The van der Waals surface area contributed by atoms with Crippen molar-refractivity contribution < 1.29 is 9.84 Å². The fourth-order valence-corrected chi connectivity index (χ4v) is 2.25. The topological polar surface area (TPSA) is 47.3 Å². The Morgan fingerprint density at radius 3 is 2.55 bits per heavy atom. The lowest BCUT2D eigenvalue weighted by Gasteiger charge is -2.11. The summed E-state index contributed by atoms with van der Waals surface area (Å²) in [6.45, 7) is 2.68. The van der Waals surface area contributed by atoms with Gasteiger partial charge in [0.05, 0.1) is 18.4 Å². The van der Waals surface area contributed by atoms with Crippen LogP contribution in [0.1, 0.15) is 35.5 Å². The summed E-state index contributed by atoms with van der Waals surface area (Å²) in [6.07, 6.45) is 0.981. The maximum Gasteiger partial charge on any atom is 0.0845 e. The van der Waals surface area contributed by atoms with Crippen molar-refractivity contribution in [2.24, 2.45) is 7.05 Å². The van der Waals surface area contributed by atoms with E-state index in [1.54, 1.807) is 7.11 Å². The van der Waals surface area contributed by atoms with Crippen molar-refractivity contribution in [2.45, 2.75) is 32.5 Å². The van der Waals surface area contributed by atoms with Gasteiger partial charge in [-0.1, -0.05) is 31.2 Å². The smallest absolute Gasteiger partial charge is 0.0845 e. The second kappa shape index (κ2) is 6.68. The van der Waals surface area contributed by atoms with Gasteiger partial charge in [0.2, 0.25) is 0 Å². The molecule has 1 heterocycles. The van der Waals surface area contributed by atoms with E-state index >= 15 is 0 Å². The number of aliphatic hydroxyl groups is 1. The van der Waals surface area contributed by atoms with Gasteiger partial charge >= 0.3 is 0 Å². The maximum absolute atomic E-state index is 10.3. The summed E-state index contributed by atoms with van der Waals surface area (Å²) in [5.74, 6) is 0. The molecule has 1 N–H and O–H groups in total. The van der Waals surface area contributed by atoms with Gasteiger partial charge in [-0.2, -0.15) is 5.10 Å². The van der Waals surface area contributed by atoms with Crippen molar-refractivity contribution in [3.63, 3.8) is 0 Å². The van der Waals surface area contributed by atoms with Crippen LogP contribution in [0.25, 0.3) is 0 Å². The van der Waals surface area contributed by atoms with Gasteiger partial charge in [-0.15, -0.1) is 0 Å². The Labute approximate surface area is 120 Å². The minimum atomic E-state index is -0.508. The number of ether oxygens (including phenoxy) is 1. The van der Waals surface area contributed by atoms with Crippen LogP contribution in [0.3, 0.4) is 0 Å². The molecule has 20 heavy (non-hydrogen) atoms. The van der Waals surface area contributed by atoms with E-state index in [4.69, 9.17) is 4.74 Å². The predicted molar refractivity (Wildman–Crippen MR) is 78.4 cm³/mol. The van der Waals surface area contributed by atoms with E-state index < -0.39 is 6.10 Å². The number of hydrogen-bond acceptors (Lipinski definition) is 3. The van der Waals surface area contributed by atoms with E-state index in [9.17, 15) is 5.11 Å². The van der Waals surface area contributed by atoms with Crippen molar-refractivity contribution in [3.8, 4) is 0 Å². The van der Waals surface area contributed by atoms with Crippen molar-refractivity contribution in [3.05, 3.63) is 52.8 Å². The quantitative estimate of drug-likeness (QED) is 0.880. The highest BCUT2D eigenvalue weighted by Crippen LogP contribution is 2.19. The number of methoxy groups -OCH3 is 1. The first-order valence-electron chi connectivity index (χ1n) is 6.91. The van der Waals surface area contributed by atoms with Gasteiger partial charge in [0.25, 0.3) is 0 Å². The zero-order chi connectivity index (χ0) is 14.5. The zero-order valence-electron chi connectivity index (χ0n) is 12.3. The molecule has 2 rings (SSSR count). The van der Waals surface area contributed by atoms with Crippen molar-refractivity contribution in [1.29, 1.82) is 0 Å². The van der Waals surface area contributed by atoms with Gasteiger partial charge in [-0.3, -0.25) is 4.68 Å². The number of nitrogens with zero attached hydrogens (tertiary/aromatic N) is 2. The molecule has 0 fully saturated rings. The van der Waals surface area contributed by atoms with Crippen LogP contribution < -0.4 is 0 Å². The lowest BCUT2D eigenvalue weighted by molar-refractivity contribution is 0.175. The minimum absolute atomic E-state index is 0.508. The predicted octanol–water partition coefficient (Wildman–Crippen LogP) is 2.41. The largest absolute Gasteiger partial charge is 0.388 e. The van der Waals surface area contributed by atoms with Gasteiger partial charge in [-0.05, 0) is 23.6 Å². The fourth-order valence-electron chi connectivity index (χ4n) is 2.25. The molecule has 0 aliphatic rings. The summed E-state index contributed by atoms with van der Waals surface area (Å²) in [5, 5.41) is 14.7. The number of aliphatic hydroxyl groups excluding tert-OH is 1. The normalized spacial score (nSPS) is 12.6. The number of aromatic nitrogens is 2. The van der Waals surface area contributed by atoms with E-state index in [0.717, 1.165) is 28.9 Å². The average Bonchev–Trinajstić information content (AvgIpc) is 2.80. The summed E-state index contributed by atoms with van der Waals surface area (Å²) in [7, 11) is 3.60. The summed E-state index contributed by atoms with van der Waals surface area (Å²) >= 11 is 0. The molecule has 0 bridgehead atoms. The summed E-state index contributed by atoms with van der Waals surface area (Å²) in [4.78, 5) is 0. The Balaban J connectivity index is 2.06. The summed E-state index contributed by atoms with van der Waals surface area (Å²) in [6, 6.07) is 9.94. The van der Waals surface area contributed by atoms with Crippen LogP contribution in [0.5, 0.6) is 0 Å². The van der Waals surface area contributed by atoms with Crippen LogP contribution in [0.4, 0.5) is 0 Å². The molecule has 0 saturated carbocycles. The molecule has 4 heteroatoms. The van der Waals surface area contributed by atoms with Crippen molar-refractivity contribution in [2.75, 3.05) is 7.11 Å². The second-order valence-electron chi connectivity index (χ2n) is 5.00. The number of benzene rings is 1. The van der Waals surface area contributed by atoms with Crippen LogP contribution in [0.15, 0.2) is 30.3 Å². The first-order valence-corrected chi connectivity index (χ1v) is 6.91. The highest BCUT2D eigenvalue weighted by molar-refractivity contribution is 5.25. The minimum Gasteiger partial charge on any atom is -0.388 e. The van der Waals surface area contributed by atoms with Gasteiger partial charge in [0, 0.05) is 26.3 Å². The highest BCUT2D eigenvalue weighted by Gasteiger charge is 2.12. The summed E-state index contributed by atoms with van der Waals surface area (Å²) in [5.41, 5.74) is 4.14. The second-order valence-corrected chi connectivity index (χ2v) is 5.00. The van der Waals surface area contributed by atoms with E-state index in [-0.39, 0.29) is 0 Å². The van der Waals surface area contributed by atoms with E-state index in [1.807, 2.05) is 36.0 Å². The molecular formula is C16H22N2O2. The number of hydrogen-bond donors (Lipinski definition) is 1. The van der Waals surface area contributed by atoms with E-state index in [0.29, 0.717) is 13.0 Å². The third-order valence-corrected chi connectivity index (χ3v) is 3.47. The Morgan fingerprint density at radius 1 is 1.30 bits per heavy atom. The molecule has 0 aliphatic carbocycles. The SMILES string of the molecule is CCc1cc(CC(O)c2ccc(COC)cc2)n(C)n1. The lowest BCUT2D eigenvalue weighted by Crippen LogP contribution is -2.06. The highest BCUT2D eigenvalue weighted by atomic mass is 16.5. The molecule has 108 valence electrons. The summed E-state index contributed by atoms with van der Waals surface area (Å²) < 4.78 is 6.93. The Kier molecular flexibility index (Phi) is 4.93. The molecule has 0 saturated heterocycles. The zero-order valence-corrected chi connectivity index (χ0v) is 12.3. The average molecular weight is 274 g/mol. The Hall–Kier alpha value is -1.65. The molecule has 1 unspecified atom stereocenters. The Bertz CT molecular complexity index is 546. The molecule has 2 aromatic rings. The maximum atomic E-state index is 10.3. The molecule has 1 aromatic heterocycles. The van der Waals surface area contributed by atoms with Crippen molar-refractivity contribution in [1.82, 2.24) is 9.78 Å². The first-order chi connectivity index (χ1) is 9.63. The molecule has 0 radical (unpaired) electrons. The molecule has 1 atom stereocenters. The van der Waals surface area contributed by atoms with Crippen LogP contribution in [0.2, 0.25) is 0 Å². The van der Waals surface area contributed by atoms with Crippen LogP contribution in [0, 0.1) is 0 Å². The lowest BCUT2D eigenvalue weighted by atomic mass is 10.0.